The number of nitrogens with one attached hydrogen (secondary N) is 1. The highest BCUT2D eigenvalue weighted by Gasteiger charge is 2.62. The van der Waals surface area contributed by atoms with E-state index in [2.05, 4.69) is 9.97 Å². The van der Waals surface area contributed by atoms with Gasteiger partial charge in [-0.05, 0) is 22.3 Å². The number of nitrogens with zero attached hydrogens (tertiary/aromatic N) is 2. The lowest BCUT2D eigenvalue weighted by molar-refractivity contribution is -0.310. The number of carbonyl (C=O) groups is 3. The molecular weight excluding hydrogens is 394 g/mol. The minimum Gasteiger partial charge on any atom is -0.548 e. The van der Waals surface area contributed by atoms with Crippen molar-refractivity contribution in [3.63, 3.8) is 0 Å². The molecule has 1 aromatic heterocycles. The monoisotopic (exact) mass is 412 g/mol. The normalized spacial score (nSPS) is 26.4. The first kappa shape index (κ1) is 18.1. The van der Waals surface area contributed by atoms with E-state index < -0.39 is 35.7 Å². The number of rotatable bonds is 4. The molecule has 2 bridgehead atoms. The van der Waals surface area contributed by atoms with Crippen molar-refractivity contribution in [2.45, 2.75) is 24.3 Å². The van der Waals surface area contributed by atoms with Crippen molar-refractivity contribution in [1.82, 2.24) is 14.9 Å². The topological polar surface area (TPSA) is 106 Å². The zero-order valence-corrected chi connectivity index (χ0v) is 16.4. The molecule has 3 atom stereocenters. The molecule has 31 heavy (non-hydrogen) atoms. The molecule has 1 N–H and O–H groups in total. The fourth-order valence-electron chi connectivity index (χ4n) is 5.89. The van der Waals surface area contributed by atoms with Crippen LogP contribution in [-0.4, -0.2) is 38.7 Å². The van der Waals surface area contributed by atoms with E-state index in [9.17, 15) is 19.5 Å². The summed E-state index contributed by atoms with van der Waals surface area (Å²) >= 11 is 0. The zero-order chi connectivity index (χ0) is 21.3. The van der Waals surface area contributed by atoms with Crippen molar-refractivity contribution in [3.05, 3.63) is 89.0 Å². The van der Waals surface area contributed by atoms with Crippen LogP contribution in [0.5, 0.6) is 0 Å². The average Bonchev–Trinajstić information content (AvgIpc) is 3.39. The number of carboxylic acid groups (broad SMARTS) is 1. The van der Waals surface area contributed by atoms with Gasteiger partial charge in [0.05, 0.1) is 30.2 Å². The molecule has 1 fully saturated rings. The zero-order valence-electron chi connectivity index (χ0n) is 16.4. The summed E-state index contributed by atoms with van der Waals surface area (Å²) in [6.45, 7) is 0. The number of aromatic amines is 1. The van der Waals surface area contributed by atoms with E-state index in [4.69, 9.17) is 0 Å². The third kappa shape index (κ3) is 2.34. The van der Waals surface area contributed by atoms with Crippen molar-refractivity contribution < 1.29 is 19.5 Å². The predicted octanol–water partition coefficient (Wildman–Crippen LogP) is 0.963. The molecule has 3 aliphatic carbocycles. The predicted molar refractivity (Wildman–Crippen MR) is 106 cm³/mol. The highest BCUT2D eigenvalue weighted by atomic mass is 16.4. The Balaban J connectivity index is 1.49. The number of carbonyl (C=O) groups excluding carboxylic acids is 3. The van der Waals surface area contributed by atoms with Gasteiger partial charge in [0.1, 0.15) is 0 Å². The van der Waals surface area contributed by atoms with E-state index in [0.29, 0.717) is 5.69 Å². The molecule has 2 amide bonds. The number of imide groups is 1. The van der Waals surface area contributed by atoms with E-state index in [-0.39, 0.29) is 18.3 Å². The van der Waals surface area contributed by atoms with E-state index >= 15 is 0 Å². The Labute approximate surface area is 177 Å². The fourth-order valence-corrected chi connectivity index (χ4v) is 5.89. The quantitative estimate of drug-likeness (QED) is 0.643. The van der Waals surface area contributed by atoms with E-state index in [1.54, 1.807) is 0 Å². The fraction of sp³-hybridized carbons (Fsp3) is 0.250. The minimum absolute atomic E-state index is 0.0610. The van der Waals surface area contributed by atoms with Gasteiger partial charge in [-0.3, -0.25) is 14.5 Å². The third-order valence-corrected chi connectivity index (χ3v) is 7.03. The standard InChI is InChI=1S/C24H19N3O4/c28-22-20-18-13-5-1-2-6-14(13)19(16-8-4-3-7-15(16)18)21(20)23(29)27(22)17(24(30)31)9-12-10-25-11-26-12/h1-8,10-11,17-21H,9H2,(H,25,26)(H,30,31)/p-1/t17-,18?,19?,20-,21+/m1/s1. The summed E-state index contributed by atoms with van der Waals surface area (Å²) in [5.74, 6) is -4.04. The van der Waals surface area contributed by atoms with Gasteiger partial charge < -0.3 is 14.9 Å². The van der Waals surface area contributed by atoms with Gasteiger partial charge in [-0.1, -0.05) is 48.5 Å². The summed E-state index contributed by atoms with van der Waals surface area (Å²) in [7, 11) is 0. The maximum Gasteiger partial charge on any atom is 0.234 e. The molecule has 0 unspecified atom stereocenters. The molecule has 0 spiro atoms. The number of imidazole rings is 1. The molecule has 7 rings (SSSR count). The Morgan fingerprint density at radius 2 is 1.42 bits per heavy atom. The van der Waals surface area contributed by atoms with Crippen LogP contribution in [0.1, 0.15) is 39.8 Å². The summed E-state index contributed by atoms with van der Waals surface area (Å²) in [5.41, 5.74) is 4.73. The second-order valence-corrected chi connectivity index (χ2v) is 8.43. The molecule has 1 aliphatic heterocycles. The van der Waals surface area contributed by atoms with Gasteiger partial charge in [0.15, 0.2) is 0 Å². The summed E-state index contributed by atoms with van der Waals surface area (Å²) in [4.78, 5) is 47.0. The number of aliphatic carboxylic acids is 1. The van der Waals surface area contributed by atoms with Crippen molar-refractivity contribution in [2.24, 2.45) is 11.8 Å². The number of benzene rings is 2. The highest BCUT2D eigenvalue weighted by Crippen LogP contribution is 2.61. The van der Waals surface area contributed by atoms with Crippen molar-refractivity contribution in [1.29, 1.82) is 0 Å². The third-order valence-electron chi connectivity index (χ3n) is 7.03. The second-order valence-electron chi connectivity index (χ2n) is 8.43. The number of carboxylic acids is 1. The SMILES string of the molecule is O=C([O-])[C@@H](Cc1cnc[nH]1)N1C(=O)[C@@H]2C3c4ccccc4C(c4ccccc43)[C@@H]2C1=O. The molecule has 0 radical (unpaired) electrons. The summed E-state index contributed by atoms with van der Waals surface area (Å²) in [5, 5.41) is 12.0. The van der Waals surface area contributed by atoms with Crippen LogP contribution in [0.3, 0.4) is 0 Å². The number of hydrogen-bond acceptors (Lipinski definition) is 5. The van der Waals surface area contributed by atoms with Crippen molar-refractivity contribution >= 4 is 17.8 Å². The molecule has 1 saturated heterocycles. The summed E-state index contributed by atoms with van der Waals surface area (Å²) in [6, 6.07) is 14.5. The van der Waals surface area contributed by atoms with Gasteiger partial charge in [-0.15, -0.1) is 0 Å². The van der Waals surface area contributed by atoms with Crippen LogP contribution in [0.15, 0.2) is 61.1 Å². The molecule has 7 heteroatoms. The number of aromatic nitrogens is 2. The van der Waals surface area contributed by atoms with Crippen LogP contribution in [0, 0.1) is 11.8 Å². The van der Waals surface area contributed by atoms with Gasteiger partial charge in [-0.2, -0.15) is 0 Å². The Hall–Kier alpha value is -3.74. The van der Waals surface area contributed by atoms with Gasteiger partial charge in [0.25, 0.3) is 0 Å². The minimum atomic E-state index is -1.45. The number of likely N-dealkylation sites (tertiary alicyclic amines) is 1. The Kier molecular flexibility index (Phi) is 3.72. The number of H-pyrrole nitrogens is 1. The van der Waals surface area contributed by atoms with Crippen LogP contribution < -0.4 is 5.11 Å². The van der Waals surface area contributed by atoms with Crippen LogP contribution in [-0.2, 0) is 20.8 Å². The Morgan fingerprint density at radius 3 is 1.81 bits per heavy atom. The Bertz CT molecular complexity index is 1120. The first-order valence-corrected chi connectivity index (χ1v) is 10.3. The second kappa shape index (κ2) is 6.38. The maximum atomic E-state index is 13.6. The van der Waals surface area contributed by atoms with Gasteiger partial charge in [0, 0.05) is 30.1 Å². The Morgan fingerprint density at radius 1 is 0.935 bits per heavy atom. The number of amides is 2. The van der Waals surface area contributed by atoms with Crippen LogP contribution in [0.25, 0.3) is 0 Å². The lowest BCUT2D eigenvalue weighted by Gasteiger charge is -2.45. The largest absolute Gasteiger partial charge is 0.548 e. The molecule has 154 valence electrons. The molecule has 2 aromatic carbocycles. The van der Waals surface area contributed by atoms with Gasteiger partial charge in [-0.25, -0.2) is 4.98 Å². The lowest BCUT2D eigenvalue weighted by atomic mass is 9.55. The van der Waals surface area contributed by atoms with Crippen LogP contribution in [0.2, 0.25) is 0 Å². The average molecular weight is 412 g/mol. The summed E-state index contributed by atoms with van der Waals surface area (Å²) < 4.78 is 0. The first-order valence-electron chi connectivity index (χ1n) is 10.3. The first-order chi connectivity index (χ1) is 15.1. The molecule has 4 aliphatic rings. The summed E-state index contributed by atoms with van der Waals surface area (Å²) in [6.07, 6.45) is 2.86. The highest BCUT2D eigenvalue weighted by molar-refractivity contribution is 6.09. The molecular formula is C24H18N3O4-. The molecule has 0 saturated carbocycles. The molecule has 2 heterocycles. The van der Waals surface area contributed by atoms with Crippen LogP contribution >= 0.6 is 0 Å². The lowest BCUT2D eigenvalue weighted by Crippen LogP contribution is -2.52. The van der Waals surface area contributed by atoms with Gasteiger partial charge in [0.2, 0.25) is 11.8 Å². The van der Waals surface area contributed by atoms with Gasteiger partial charge >= 0.3 is 0 Å². The van der Waals surface area contributed by atoms with Crippen molar-refractivity contribution in [3.8, 4) is 0 Å². The molecule has 3 aromatic rings. The molecule has 7 nitrogen and oxygen atoms in total. The van der Waals surface area contributed by atoms with E-state index in [1.165, 1.54) is 12.5 Å². The number of hydrogen-bond donors (Lipinski definition) is 1. The van der Waals surface area contributed by atoms with Crippen LogP contribution in [0.4, 0.5) is 0 Å². The van der Waals surface area contributed by atoms with E-state index in [1.807, 2.05) is 48.5 Å². The smallest absolute Gasteiger partial charge is 0.234 e. The maximum absolute atomic E-state index is 13.6. The van der Waals surface area contributed by atoms with E-state index in [0.717, 1.165) is 27.2 Å². The van der Waals surface area contributed by atoms with Crippen molar-refractivity contribution in [2.75, 3.05) is 0 Å².